The molecule has 0 spiro atoms. The van der Waals surface area contributed by atoms with Gasteiger partial charge in [0.25, 0.3) is 5.56 Å². The highest BCUT2D eigenvalue weighted by molar-refractivity contribution is 7.98. The molecule has 1 N–H and O–H groups in total. The van der Waals surface area contributed by atoms with Crippen molar-refractivity contribution in [3.05, 3.63) is 51.1 Å². The number of hydrogen-bond acceptors (Lipinski definition) is 7. The number of H-pyrrole nitrogens is 1. The van der Waals surface area contributed by atoms with Crippen molar-refractivity contribution in [3.63, 3.8) is 0 Å². The normalized spacial score (nSPS) is 11.3. The smallest absolute Gasteiger partial charge is 0.259 e. The van der Waals surface area contributed by atoms with Crippen LogP contribution < -0.4 is 5.56 Å². The van der Waals surface area contributed by atoms with E-state index in [2.05, 4.69) is 25.1 Å². The summed E-state index contributed by atoms with van der Waals surface area (Å²) >= 11 is 3.04. The van der Waals surface area contributed by atoms with E-state index in [0.717, 1.165) is 31.8 Å². The van der Waals surface area contributed by atoms with Gasteiger partial charge in [-0.3, -0.25) is 9.78 Å². The molecule has 0 saturated carbocycles. The summed E-state index contributed by atoms with van der Waals surface area (Å²) in [4.78, 5) is 25.9. The number of nitrogens with zero attached hydrogens (tertiary/aromatic N) is 5. The molecule has 7 nitrogen and oxygen atoms in total. The molecule has 0 atom stereocenters. The Balaban J connectivity index is 1.59. The monoisotopic (exact) mass is 384 g/mol. The van der Waals surface area contributed by atoms with Crippen LogP contribution in [0, 0.1) is 13.8 Å². The van der Waals surface area contributed by atoms with E-state index in [1.54, 1.807) is 23.7 Å². The van der Waals surface area contributed by atoms with Crippen LogP contribution in [0.4, 0.5) is 0 Å². The maximum Gasteiger partial charge on any atom is 0.259 e. The zero-order chi connectivity index (χ0) is 18.3. The molecular formula is C17H16N6OS2. The highest BCUT2D eigenvalue weighted by Crippen LogP contribution is 2.27. The molecule has 0 aromatic carbocycles. The topological polar surface area (TPSA) is 89.3 Å². The molecule has 4 rings (SSSR count). The molecule has 0 unspecified atom stereocenters. The predicted molar refractivity (Wildman–Crippen MR) is 104 cm³/mol. The van der Waals surface area contributed by atoms with Gasteiger partial charge in [-0.05, 0) is 31.5 Å². The zero-order valence-corrected chi connectivity index (χ0v) is 16.1. The van der Waals surface area contributed by atoms with Crippen molar-refractivity contribution in [2.24, 2.45) is 7.05 Å². The fraction of sp³-hybridized carbons (Fsp3) is 0.235. The van der Waals surface area contributed by atoms with Crippen LogP contribution in [-0.2, 0) is 12.8 Å². The Morgan fingerprint density at radius 1 is 1.31 bits per heavy atom. The summed E-state index contributed by atoms with van der Waals surface area (Å²) in [5.41, 5.74) is 1.83. The first-order valence-corrected chi connectivity index (χ1v) is 9.76. The highest BCUT2D eigenvalue weighted by atomic mass is 32.2. The van der Waals surface area contributed by atoms with Crippen LogP contribution in [0.5, 0.6) is 0 Å². The van der Waals surface area contributed by atoms with Crippen molar-refractivity contribution in [2.45, 2.75) is 24.8 Å². The summed E-state index contributed by atoms with van der Waals surface area (Å²) in [6.07, 6.45) is 3.48. The van der Waals surface area contributed by atoms with Crippen molar-refractivity contribution >= 4 is 33.3 Å². The molecule has 0 aliphatic rings. The SMILES string of the molecule is Cc1sc2nc(CSc3nnc(-c4cccnc4)n3C)[nH]c(=O)c2c1C. The lowest BCUT2D eigenvalue weighted by molar-refractivity contribution is 0.792. The fourth-order valence-corrected chi connectivity index (χ4v) is 4.52. The predicted octanol–water partition coefficient (Wildman–Crippen LogP) is 3.08. The Bertz CT molecular complexity index is 1150. The minimum atomic E-state index is -0.0820. The number of rotatable bonds is 4. The fourth-order valence-electron chi connectivity index (χ4n) is 2.69. The van der Waals surface area contributed by atoms with Crippen molar-refractivity contribution in [3.8, 4) is 11.4 Å². The minimum Gasteiger partial charge on any atom is -0.309 e. The van der Waals surface area contributed by atoms with E-state index in [-0.39, 0.29) is 5.56 Å². The number of thioether (sulfide) groups is 1. The lowest BCUT2D eigenvalue weighted by atomic mass is 10.2. The molecule has 0 radical (unpaired) electrons. The molecular weight excluding hydrogens is 368 g/mol. The quantitative estimate of drug-likeness (QED) is 0.544. The van der Waals surface area contributed by atoms with E-state index >= 15 is 0 Å². The molecule has 0 bridgehead atoms. The van der Waals surface area contributed by atoms with Crippen molar-refractivity contribution in [1.82, 2.24) is 29.7 Å². The second-order valence-electron chi connectivity index (χ2n) is 5.87. The lowest BCUT2D eigenvalue weighted by Crippen LogP contribution is -2.11. The van der Waals surface area contributed by atoms with Crippen molar-refractivity contribution in [2.75, 3.05) is 0 Å². The van der Waals surface area contributed by atoms with Gasteiger partial charge in [0.15, 0.2) is 11.0 Å². The van der Waals surface area contributed by atoms with Gasteiger partial charge in [0, 0.05) is 29.9 Å². The summed E-state index contributed by atoms with van der Waals surface area (Å²) in [5, 5.41) is 9.93. The average molecular weight is 384 g/mol. The number of fused-ring (bicyclic) bond motifs is 1. The Kier molecular flexibility index (Phi) is 4.33. The van der Waals surface area contributed by atoms with Gasteiger partial charge in [-0.2, -0.15) is 0 Å². The molecule has 26 heavy (non-hydrogen) atoms. The Hall–Kier alpha value is -2.52. The largest absolute Gasteiger partial charge is 0.309 e. The lowest BCUT2D eigenvalue weighted by Gasteiger charge is -2.03. The third-order valence-electron chi connectivity index (χ3n) is 4.18. The molecule has 4 aromatic rings. The Morgan fingerprint density at radius 2 is 2.15 bits per heavy atom. The highest BCUT2D eigenvalue weighted by Gasteiger charge is 2.14. The van der Waals surface area contributed by atoms with Crippen LogP contribution in [0.15, 0.2) is 34.5 Å². The summed E-state index contributed by atoms with van der Waals surface area (Å²) in [6.45, 7) is 3.97. The van der Waals surface area contributed by atoms with E-state index in [4.69, 9.17) is 0 Å². The first kappa shape index (κ1) is 16.9. The third kappa shape index (κ3) is 2.93. The zero-order valence-electron chi connectivity index (χ0n) is 14.5. The standard InChI is InChI=1S/C17H16N6OS2/c1-9-10(2)26-16-13(9)15(24)19-12(20-16)8-25-17-22-21-14(23(17)3)11-5-4-6-18-7-11/h4-7H,8H2,1-3H3,(H,19,20,24). The van der Waals surface area contributed by atoms with Crippen LogP contribution in [0.3, 0.4) is 0 Å². The average Bonchev–Trinajstić information content (AvgIpc) is 3.14. The van der Waals surface area contributed by atoms with Crippen molar-refractivity contribution in [1.29, 1.82) is 0 Å². The maximum absolute atomic E-state index is 12.4. The van der Waals surface area contributed by atoms with E-state index in [0.29, 0.717) is 17.0 Å². The van der Waals surface area contributed by atoms with Crippen LogP contribution in [0.2, 0.25) is 0 Å². The van der Waals surface area contributed by atoms with Gasteiger partial charge in [0.05, 0.1) is 11.1 Å². The van der Waals surface area contributed by atoms with E-state index in [9.17, 15) is 4.79 Å². The molecule has 4 aromatic heterocycles. The van der Waals surface area contributed by atoms with Crippen LogP contribution >= 0.6 is 23.1 Å². The number of aromatic amines is 1. The second kappa shape index (κ2) is 6.65. The van der Waals surface area contributed by atoms with Crippen molar-refractivity contribution < 1.29 is 0 Å². The summed E-state index contributed by atoms with van der Waals surface area (Å²) < 4.78 is 1.91. The van der Waals surface area contributed by atoms with Gasteiger partial charge in [-0.15, -0.1) is 21.5 Å². The summed E-state index contributed by atoms with van der Waals surface area (Å²) in [7, 11) is 1.91. The second-order valence-corrected chi connectivity index (χ2v) is 8.02. The first-order chi connectivity index (χ1) is 12.5. The Labute approximate surface area is 157 Å². The Morgan fingerprint density at radius 3 is 2.92 bits per heavy atom. The first-order valence-electron chi connectivity index (χ1n) is 7.96. The minimum absolute atomic E-state index is 0.0820. The molecule has 0 fully saturated rings. The number of nitrogens with one attached hydrogen (secondary N) is 1. The molecule has 0 amide bonds. The summed E-state index contributed by atoms with van der Waals surface area (Å²) in [6, 6.07) is 3.81. The molecule has 0 saturated heterocycles. The number of hydrogen-bond donors (Lipinski definition) is 1. The number of pyridine rings is 1. The number of aryl methyl sites for hydroxylation is 2. The maximum atomic E-state index is 12.4. The van der Waals surface area contributed by atoms with E-state index in [1.807, 2.05) is 37.6 Å². The third-order valence-corrected chi connectivity index (χ3v) is 6.31. The molecule has 0 aliphatic carbocycles. The van der Waals surface area contributed by atoms with Gasteiger partial charge in [0.2, 0.25) is 0 Å². The van der Waals surface area contributed by atoms with Gasteiger partial charge < -0.3 is 9.55 Å². The van der Waals surface area contributed by atoms with E-state index in [1.165, 1.54) is 11.8 Å². The number of aromatic nitrogens is 6. The van der Waals surface area contributed by atoms with Gasteiger partial charge in [-0.25, -0.2) is 4.98 Å². The molecule has 4 heterocycles. The van der Waals surface area contributed by atoms with Gasteiger partial charge in [-0.1, -0.05) is 11.8 Å². The van der Waals surface area contributed by atoms with Crippen LogP contribution in [0.1, 0.15) is 16.3 Å². The van der Waals surface area contributed by atoms with Crippen LogP contribution in [0.25, 0.3) is 21.6 Å². The number of thiophene rings is 1. The molecule has 0 aliphatic heterocycles. The molecule has 132 valence electrons. The van der Waals surface area contributed by atoms with E-state index < -0.39 is 0 Å². The molecule has 9 heteroatoms. The van der Waals surface area contributed by atoms with Gasteiger partial charge >= 0.3 is 0 Å². The van der Waals surface area contributed by atoms with Gasteiger partial charge in [0.1, 0.15) is 10.7 Å². The van der Waals surface area contributed by atoms with Crippen LogP contribution in [-0.4, -0.2) is 29.7 Å². The summed E-state index contributed by atoms with van der Waals surface area (Å²) in [5.74, 6) is 1.90.